The summed E-state index contributed by atoms with van der Waals surface area (Å²) in [5.41, 5.74) is 1.12. The van der Waals surface area contributed by atoms with Crippen molar-refractivity contribution < 1.29 is 14.2 Å². The van der Waals surface area contributed by atoms with E-state index in [2.05, 4.69) is 17.4 Å². The molecule has 0 fully saturated rings. The number of nitrogens with one attached hydrogen (secondary N) is 1. The van der Waals surface area contributed by atoms with E-state index in [0.717, 1.165) is 11.3 Å². The Morgan fingerprint density at radius 2 is 1.48 bits per heavy atom. The first-order chi connectivity index (χ1) is 10.3. The maximum absolute atomic E-state index is 6.10. The minimum Gasteiger partial charge on any atom is -0.496 e. The Morgan fingerprint density at radius 3 is 2.00 bits per heavy atom. The highest BCUT2D eigenvalue weighted by Gasteiger charge is 2.13. The Balaban J connectivity index is 2.24. The van der Waals surface area contributed by atoms with Crippen LogP contribution in [0.15, 0.2) is 48.5 Å². The molecule has 0 heterocycles. The van der Waals surface area contributed by atoms with Crippen molar-refractivity contribution in [1.82, 2.24) is 5.32 Å². The lowest BCUT2D eigenvalue weighted by Crippen LogP contribution is -2.21. The molecule has 1 unspecified atom stereocenters. The van der Waals surface area contributed by atoms with Gasteiger partial charge in [-0.2, -0.15) is 0 Å². The van der Waals surface area contributed by atoms with Crippen molar-refractivity contribution in [1.29, 1.82) is 0 Å². The van der Waals surface area contributed by atoms with Gasteiger partial charge in [0.2, 0.25) is 0 Å². The predicted molar refractivity (Wildman–Crippen MR) is 83.3 cm³/mol. The standard InChI is InChI=1S/C17H21NO3/c1-18-12-17(13-7-5-4-6-8-13)21-16-10-14(19-2)9-15(11-16)20-3/h4-11,17-18H,12H2,1-3H3. The van der Waals surface area contributed by atoms with Crippen molar-refractivity contribution in [3.8, 4) is 17.2 Å². The molecule has 112 valence electrons. The maximum atomic E-state index is 6.10. The van der Waals surface area contributed by atoms with E-state index in [1.165, 1.54) is 0 Å². The summed E-state index contributed by atoms with van der Waals surface area (Å²) in [5, 5.41) is 3.16. The summed E-state index contributed by atoms with van der Waals surface area (Å²) in [6.07, 6.45) is -0.0759. The number of rotatable bonds is 7. The van der Waals surface area contributed by atoms with Crippen molar-refractivity contribution in [2.24, 2.45) is 0 Å². The van der Waals surface area contributed by atoms with Crippen LogP contribution in [0.2, 0.25) is 0 Å². The summed E-state index contributed by atoms with van der Waals surface area (Å²) < 4.78 is 16.6. The van der Waals surface area contributed by atoms with Gasteiger partial charge in [-0.05, 0) is 12.6 Å². The second-order valence-electron chi connectivity index (χ2n) is 4.62. The van der Waals surface area contributed by atoms with Gasteiger partial charge in [-0.25, -0.2) is 0 Å². The summed E-state index contributed by atoms with van der Waals surface area (Å²) in [6, 6.07) is 15.7. The van der Waals surface area contributed by atoms with Crippen molar-refractivity contribution in [2.75, 3.05) is 27.8 Å². The Labute approximate surface area is 125 Å². The molecule has 0 saturated carbocycles. The lowest BCUT2D eigenvalue weighted by atomic mass is 10.1. The van der Waals surface area contributed by atoms with Crippen LogP contribution in [0.25, 0.3) is 0 Å². The number of likely N-dealkylation sites (N-methyl/N-ethyl adjacent to an activating group) is 1. The van der Waals surface area contributed by atoms with Gasteiger partial charge in [0.25, 0.3) is 0 Å². The van der Waals surface area contributed by atoms with E-state index in [1.54, 1.807) is 14.2 Å². The molecule has 2 aromatic carbocycles. The Morgan fingerprint density at radius 1 is 0.905 bits per heavy atom. The van der Waals surface area contributed by atoms with E-state index in [1.807, 2.05) is 43.4 Å². The highest BCUT2D eigenvalue weighted by molar-refractivity contribution is 5.42. The van der Waals surface area contributed by atoms with E-state index < -0.39 is 0 Å². The van der Waals surface area contributed by atoms with E-state index in [9.17, 15) is 0 Å². The number of ether oxygens (including phenoxy) is 3. The van der Waals surface area contributed by atoms with Crippen LogP contribution in [0.5, 0.6) is 17.2 Å². The molecule has 21 heavy (non-hydrogen) atoms. The molecule has 2 rings (SSSR count). The molecule has 0 bridgehead atoms. The molecule has 2 aromatic rings. The molecule has 0 aromatic heterocycles. The van der Waals surface area contributed by atoms with E-state index in [0.29, 0.717) is 18.0 Å². The molecule has 0 radical (unpaired) electrons. The first-order valence-corrected chi connectivity index (χ1v) is 6.86. The fourth-order valence-corrected chi connectivity index (χ4v) is 2.09. The molecular weight excluding hydrogens is 266 g/mol. The van der Waals surface area contributed by atoms with Crippen LogP contribution in [0.1, 0.15) is 11.7 Å². The van der Waals surface area contributed by atoms with E-state index in [4.69, 9.17) is 14.2 Å². The second kappa shape index (κ2) is 7.55. The molecular formula is C17H21NO3. The molecule has 4 nitrogen and oxygen atoms in total. The predicted octanol–water partition coefficient (Wildman–Crippen LogP) is 3.04. The zero-order chi connectivity index (χ0) is 15.1. The average Bonchev–Trinajstić information content (AvgIpc) is 2.55. The van der Waals surface area contributed by atoms with E-state index >= 15 is 0 Å². The quantitative estimate of drug-likeness (QED) is 0.849. The fraction of sp³-hybridized carbons (Fsp3) is 0.294. The summed E-state index contributed by atoms with van der Waals surface area (Å²) in [6.45, 7) is 0.712. The molecule has 1 N–H and O–H groups in total. The minimum absolute atomic E-state index is 0.0759. The third-order valence-electron chi connectivity index (χ3n) is 3.16. The molecule has 0 amide bonds. The summed E-state index contributed by atoms with van der Waals surface area (Å²) in [7, 11) is 5.16. The number of hydrogen-bond donors (Lipinski definition) is 1. The van der Waals surface area contributed by atoms with Gasteiger partial charge in [0.15, 0.2) is 0 Å². The zero-order valence-corrected chi connectivity index (χ0v) is 12.6. The summed E-state index contributed by atoms with van der Waals surface area (Å²) >= 11 is 0. The Bertz CT molecular complexity index is 535. The van der Waals surface area contributed by atoms with Gasteiger partial charge in [-0.15, -0.1) is 0 Å². The SMILES string of the molecule is CNCC(Oc1cc(OC)cc(OC)c1)c1ccccc1. The van der Waals surface area contributed by atoms with Crippen LogP contribution in [-0.2, 0) is 0 Å². The molecule has 0 aliphatic carbocycles. The summed E-state index contributed by atoms with van der Waals surface area (Å²) in [4.78, 5) is 0. The Kier molecular flexibility index (Phi) is 5.46. The zero-order valence-electron chi connectivity index (χ0n) is 12.6. The largest absolute Gasteiger partial charge is 0.496 e. The van der Waals surface area contributed by atoms with Crippen LogP contribution in [0.3, 0.4) is 0 Å². The molecule has 0 aliphatic heterocycles. The fourth-order valence-electron chi connectivity index (χ4n) is 2.09. The molecule has 0 aliphatic rings. The van der Waals surface area contributed by atoms with Gasteiger partial charge < -0.3 is 19.5 Å². The normalized spacial score (nSPS) is 11.8. The van der Waals surface area contributed by atoms with Gasteiger partial charge in [0.1, 0.15) is 23.4 Å². The van der Waals surface area contributed by atoms with Crippen molar-refractivity contribution in [3.05, 3.63) is 54.1 Å². The molecule has 1 atom stereocenters. The highest BCUT2D eigenvalue weighted by atomic mass is 16.5. The van der Waals surface area contributed by atoms with Gasteiger partial charge in [-0.3, -0.25) is 0 Å². The van der Waals surface area contributed by atoms with Gasteiger partial charge in [-0.1, -0.05) is 30.3 Å². The lowest BCUT2D eigenvalue weighted by molar-refractivity contribution is 0.203. The van der Waals surface area contributed by atoms with Crippen LogP contribution in [-0.4, -0.2) is 27.8 Å². The third-order valence-corrected chi connectivity index (χ3v) is 3.16. The van der Waals surface area contributed by atoms with E-state index in [-0.39, 0.29) is 6.10 Å². The van der Waals surface area contributed by atoms with Crippen LogP contribution in [0.4, 0.5) is 0 Å². The van der Waals surface area contributed by atoms with Crippen LogP contribution in [0, 0.1) is 0 Å². The molecule has 4 heteroatoms. The number of hydrogen-bond acceptors (Lipinski definition) is 4. The molecule has 0 spiro atoms. The van der Waals surface area contributed by atoms with Crippen molar-refractivity contribution in [3.63, 3.8) is 0 Å². The van der Waals surface area contributed by atoms with Crippen molar-refractivity contribution >= 4 is 0 Å². The maximum Gasteiger partial charge on any atom is 0.136 e. The smallest absolute Gasteiger partial charge is 0.136 e. The number of methoxy groups -OCH3 is 2. The van der Waals surface area contributed by atoms with Gasteiger partial charge in [0, 0.05) is 24.7 Å². The van der Waals surface area contributed by atoms with Crippen LogP contribution < -0.4 is 19.5 Å². The number of benzene rings is 2. The first-order valence-electron chi connectivity index (χ1n) is 6.86. The van der Waals surface area contributed by atoms with Crippen LogP contribution >= 0.6 is 0 Å². The minimum atomic E-state index is -0.0759. The van der Waals surface area contributed by atoms with Gasteiger partial charge in [0.05, 0.1) is 14.2 Å². The average molecular weight is 287 g/mol. The first kappa shape index (κ1) is 15.2. The Hall–Kier alpha value is -2.20. The lowest BCUT2D eigenvalue weighted by Gasteiger charge is -2.20. The highest BCUT2D eigenvalue weighted by Crippen LogP contribution is 2.30. The monoisotopic (exact) mass is 287 g/mol. The third kappa shape index (κ3) is 4.13. The second-order valence-corrected chi connectivity index (χ2v) is 4.62. The van der Waals surface area contributed by atoms with Crippen molar-refractivity contribution in [2.45, 2.75) is 6.10 Å². The van der Waals surface area contributed by atoms with Gasteiger partial charge >= 0.3 is 0 Å². The topological polar surface area (TPSA) is 39.7 Å². The summed E-state index contributed by atoms with van der Waals surface area (Å²) in [5.74, 6) is 2.14. The molecule has 0 saturated heterocycles.